The van der Waals surface area contributed by atoms with Crippen molar-refractivity contribution in [1.82, 2.24) is 4.90 Å². The fourth-order valence-electron chi connectivity index (χ4n) is 2.42. The van der Waals surface area contributed by atoms with Crippen LogP contribution in [0.15, 0.2) is 0 Å². The predicted molar refractivity (Wildman–Crippen MR) is 66.0 cm³/mol. The molecule has 5 nitrogen and oxygen atoms in total. The van der Waals surface area contributed by atoms with Gasteiger partial charge in [-0.15, -0.1) is 0 Å². The second-order valence-electron chi connectivity index (χ2n) is 4.77. The molecule has 0 aromatic carbocycles. The van der Waals surface area contributed by atoms with Crippen LogP contribution in [0.2, 0.25) is 0 Å². The molecule has 1 aliphatic rings. The molecule has 98 valence electrons. The summed E-state index contributed by atoms with van der Waals surface area (Å²) in [5.74, 6) is -0.591. The van der Waals surface area contributed by atoms with Crippen molar-refractivity contribution in [2.24, 2.45) is 11.5 Å². The topological polar surface area (TPSA) is 89.4 Å². The van der Waals surface area contributed by atoms with E-state index in [4.69, 9.17) is 11.5 Å². The zero-order valence-electron chi connectivity index (χ0n) is 10.5. The quantitative estimate of drug-likeness (QED) is 0.704. The lowest BCUT2D eigenvalue weighted by Crippen LogP contribution is -2.50. The van der Waals surface area contributed by atoms with Crippen LogP contribution in [-0.4, -0.2) is 35.3 Å². The molecular weight excluding hydrogens is 218 g/mol. The zero-order chi connectivity index (χ0) is 12.8. The molecule has 0 aliphatic heterocycles. The molecular formula is C12H23N3O2. The van der Waals surface area contributed by atoms with E-state index < -0.39 is 11.9 Å². The first-order chi connectivity index (χ1) is 8.06. The highest BCUT2D eigenvalue weighted by atomic mass is 16.2. The summed E-state index contributed by atoms with van der Waals surface area (Å²) in [6.45, 7) is 1.99. The van der Waals surface area contributed by atoms with Gasteiger partial charge in [0.15, 0.2) is 0 Å². The normalized spacial score (nSPS) is 18.0. The molecule has 0 heterocycles. The largest absolute Gasteiger partial charge is 0.368 e. The first-order valence-electron chi connectivity index (χ1n) is 6.40. The third-order valence-electron chi connectivity index (χ3n) is 3.29. The van der Waals surface area contributed by atoms with Crippen LogP contribution in [0.3, 0.4) is 0 Å². The van der Waals surface area contributed by atoms with Crippen molar-refractivity contribution in [1.29, 1.82) is 0 Å². The Hall–Kier alpha value is -1.10. The third-order valence-corrected chi connectivity index (χ3v) is 3.29. The minimum absolute atomic E-state index is 0.000907. The van der Waals surface area contributed by atoms with Crippen LogP contribution in [0.25, 0.3) is 0 Å². The highest BCUT2D eigenvalue weighted by molar-refractivity contribution is 5.87. The number of carbonyl (C=O) groups excluding carboxylic acids is 2. The standard InChI is InChI=1S/C12H23N3O2/c1-2-5-10(13)12(17)15(8-11(14)16)9-6-3-4-7-9/h9-10H,2-8,13H2,1H3,(H2,14,16)/t10-/m0/s1. The molecule has 0 bridgehead atoms. The molecule has 0 saturated heterocycles. The molecule has 1 aliphatic carbocycles. The molecule has 0 spiro atoms. The van der Waals surface area contributed by atoms with E-state index in [1.165, 1.54) is 0 Å². The third kappa shape index (κ3) is 4.00. The van der Waals surface area contributed by atoms with Gasteiger partial charge in [0.1, 0.15) is 0 Å². The van der Waals surface area contributed by atoms with Crippen LogP contribution in [-0.2, 0) is 9.59 Å². The maximum absolute atomic E-state index is 12.1. The number of nitrogens with two attached hydrogens (primary N) is 2. The fraction of sp³-hybridized carbons (Fsp3) is 0.833. The minimum atomic E-state index is -0.500. The predicted octanol–water partition coefficient (Wildman–Crippen LogP) is 0.370. The lowest BCUT2D eigenvalue weighted by Gasteiger charge is -2.30. The zero-order valence-corrected chi connectivity index (χ0v) is 10.5. The fourth-order valence-corrected chi connectivity index (χ4v) is 2.42. The lowest BCUT2D eigenvalue weighted by atomic mass is 10.1. The van der Waals surface area contributed by atoms with Gasteiger partial charge >= 0.3 is 0 Å². The summed E-state index contributed by atoms with van der Waals surface area (Å²) >= 11 is 0. The van der Waals surface area contributed by atoms with Crippen molar-refractivity contribution in [3.63, 3.8) is 0 Å². The van der Waals surface area contributed by atoms with Gasteiger partial charge in [-0.05, 0) is 19.3 Å². The van der Waals surface area contributed by atoms with Crippen molar-refractivity contribution in [2.75, 3.05) is 6.54 Å². The summed E-state index contributed by atoms with van der Waals surface area (Å²) in [7, 11) is 0. The van der Waals surface area contributed by atoms with E-state index in [2.05, 4.69) is 0 Å². The molecule has 0 unspecified atom stereocenters. The average molecular weight is 241 g/mol. The van der Waals surface area contributed by atoms with E-state index in [-0.39, 0.29) is 18.5 Å². The maximum Gasteiger partial charge on any atom is 0.240 e. The van der Waals surface area contributed by atoms with Crippen LogP contribution in [0.4, 0.5) is 0 Å². The van der Waals surface area contributed by atoms with Crippen molar-refractivity contribution < 1.29 is 9.59 Å². The van der Waals surface area contributed by atoms with Gasteiger partial charge in [-0.25, -0.2) is 0 Å². The molecule has 0 radical (unpaired) electrons. The minimum Gasteiger partial charge on any atom is -0.368 e. The summed E-state index contributed by atoms with van der Waals surface area (Å²) in [6, 6.07) is -0.349. The summed E-state index contributed by atoms with van der Waals surface area (Å²) < 4.78 is 0. The van der Waals surface area contributed by atoms with Crippen LogP contribution in [0, 0.1) is 0 Å². The van der Waals surface area contributed by atoms with Crippen molar-refractivity contribution >= 4 is 11.8 Å². The molecule has 0 aromatic heterocycles. The van der Waals surface area contributed by atoms with Gasteiger partial charge in [0.25, 0.3) is 0 Å². The van der Waals surface area contributed by atoms with E-state index >= 15 is 0 Å². The summed E-state index contributed by atoms with van der Waals surface area (Å²) in [5.41, 5.74) is 11.0. The Balaban J connectivity index is 2.67. The lowest BCUT2D eigenvalue weighted by molar-refractivity contribution is -0.138. The Morgan fingerprint density at radius 1 is 1.35 bits per heavy atom. The Bertz CT molecular complexity index is 275. The molecule has 4 N–H and O–H groups in total. The number of carbonyl (C=O) groups is 2. The van der Waals surface area contributed by atoms with Crippen molar-refractivity contribution in [2.45, 2.75) is 57.5 Å². The van der Waals surface area contributed by atoms with Crippen LogP contribution in [0.5, 0.6) is 0 Å². The van der Waals surface area contributed by atoms with Gasteiger partial charge in [0.05, 0.1) is 12.6 Å². The van der Waals surface area contributed by atoms with E-state index in [1.54, 1.807) is 4.90 Å². The van der Waals surface area contributed by atoms with Gasteiger partial charge in [0.2, 0.25) is 11.8 Å². The van der Waals surface area contributed by atoms with Gasteiger partial charge in [-0.1, -0.05) is 26.2 Å². The van der Waals surface area contributed by atoms with Crippen LogP contribution < -0.4 is 11.5 Å². The SMILES string of the molecule is CCC[C@H](N)C(=O)N(CC(N)=O)C1CCCC1. The number of nitrogens with zero attached hydrogens (tertiary/aromatic N) is 1. The summed E-state index contributed by atoms with van der Waals surface area (Å²) in [6.07, 6.45) is 5.64. The van der Waals surface area contributed by atoms with Gasteiger partial charge in [-0.3, -0.25) is 9.59 Å². The van der Waals surface area contributed by atoms with E-state index in [9.17, 15) is 9.59 Å². The Kier molecular flexibility index (Phi) is 5.41. The molecule has 0 aromatic rings. The van der Waals surface area contributed by atoms with E-state index in [1.807, 2.05) is 6.92 Å². The van der Waals surface area contributed by atoms with Gasteiger partial charge < -0.3 is 16.4 Å². The molecule has 5 heteroatoms. The highest BCUT2D eigenvalue weighted by Gasteiger charge is 2.30. The molecule has 1 saturated carbocycles. The van der Waals surface area contributed by atoms with Crippen LogP contribution in [0.1, 0.15) is 45.4 Å². The second-order valence-corrected chi connectivity index (χ2v) is 4.77. The smallest absolute Gasteiger partial charge is 0.240 e. The Morgan fingerprint density at radius 3 is 2.41 bits per heavy atom. The number of rotatable bonds is 6. The molecule has 1 rings (SSSR count). The average Bonchev–Trinajstić information content (AvgIpc) is 2.78. The monoisotopic (exact) mass is 241 g/mol. The van der Waals surface area contributed by atoms with Gasteiger partial charge in [0, 0.05) is 6.04 Å². The molecule has 1 atom stereocenters. The van der Waals surface area contributed by atoms with Crippen molar-refractivity contribution in [3.05, 3.63) is 0 Å². The maximum atomic E-state index is 12.1. The first kappa shape index (κ1) is 14.0. The highest BCUT2D eigenvalue weighted by Crippen LogP contribution is 2.24. The first-order valence-corrected chi connectivity index (χ1v) is 6.40. The number of amides is 2. The second kappa shape index (κ2) is 6.59. The van der Waals surface area contributed by atoms with E-state index in [0.717, 1.165) is 32.1 Å². The number of hydrogen-bond acceptors (Lipinski definition) is 3. The molecule has 2 amide bonds. The van der Waals surface area contributed by atoms with Gasteiger partial charge in [-0.2, -0.15) is 0 Å². The molecule has 17 heavy (non-hydrogen) atoms. The van der Waals surface area contributed by atoms with Crippen molar-refractivity contribution in [3.8, 4) is 0 Å². The summed E-state index contributed by atoms with van der Waals surface area (Å²) in [4.78, 5) is 24.8. The summed E-state index contributed by atoms with van der Waals surface area (Å²) in [5, 5.41) is 0. The Morgan fingerprint density at radius 2 is 1.94 bits per heavy atom. The number of primary amides is 1. The number of hydrogen-bond donors (Lipinski definition) is 2. The van der Waals surface area contributed by atoms with Crippen LogP contribution >= 0.6 is 0 Å². The van der Waals surface area contributed by atoms with E-state index in [0.29, 0.717) is 6.42 Å². The molecule has 1 fully saturated rings. The Labute approximate surface area is 103 Å².